The second-order valence-corrected chi connectivity index (χ2v) is 7.90. The van der Waals surface area contributed by atoms with Gasteiger partial charge in [-0.2, -0.15) is 0 Å². The zero-order chi connectivity index (χ0) is 19.6. The van der Waals surface area contributed by atoms with Crippen LogP contribution >= 0.6 is 0 Å². The van der Waals surface area contributed by atoms with Gasteiger partial charge in [0.1, 0.15) is 5.75 Å². The SMILES string of the molecule is NC(=O)c1ccc2c(c1)CCCN2S(=O)(=O)c1ccc(OCC(=O)O)cc1. The number of carbonyl (C=O) groups is 2. The van der Waals surface area contributed by atoms with Crippen LogP contribution in [0.3, 0.4) is 0 Å². The van der Waals surface area contributed by atoms with Crippen LogP contribution in [0.4, 0.5) is 5.69 Å². The second kappa shape index (κ2) is 7.28. The van der Waals surface area contributed by atoms with E-state index in [0.717, 1.165) is 5.56 Å². The number of benzene rings is 2. The van der Waals surface area contributed by atoms with Gasteiger partial charge in [0.05, 0.1) is 10.6 Å². The number of aliphatic carboxylic acids is 1. The predicted molar refractivity (Wildman–Crippen MR) is 97.4 cm³/mol. The molecule has 142 valence electrons. The van der Waals surface area contributed by atoms with Crippen LogP contribution in [0.1, 0.15) is 22.3 Å². The molecule has 0 aliphatic carbocycles. The molecular formula is C18H18N2O6S. The third-order valence-corrected chi connectivity index (χ3v) is 6.04. The highest BCUT2D eigenvalue weighted by Gasteiger charge is 2.29. The van der Waals surface area contributed by atoms with Crippen LogP contribution in [0, 0.1) is 0 Å². The van der Waals surface area contributed by atoms with Crippen molar-refractivity contribution in [2.75, 3.05) is 17.5 Å². The van der Waals surface area contributed by atoms with Crippen molar-refractivity contribution in [2.45, 2.75) is 17.7 Å². The number of sulfonamides is 1. The molecule has 0 saturated carbocycles. The van der Waals surface area contributed by atoms with Crippen LogP contribution in [0.5, 0.6) is 5.75 Å². The summed E-state index contributed by atoms with van der Waals surface area (Å²) in [5.74, 6) is -1.41. The van der Waals surface area contributed by atoms with Gasteiger partial charge in [0, 0.05) is 12.1 Å². The van der Waals surface area contributed by atoms with Crippen LogP contribution in [0.25, 0.3) is 0 Å². The van der Waals surface area contributed by atoms with Crippen LogP contribution < -0.4 is 14.8 Å². The van der Waals surface area contributed by atoms with E-state index >= 15 is 0 Å². The Morgan fingerprint density at radius 3 is 2.48 bits per heavy atom. The van der Waals surface area contributed by atoms with Crippen molar-refractivity contribution >= 4 is 27.6 Å². The highest BCUT2D eigenvalue weighted by atomic mass is 32.2. The number of nitrogens with zero attached hydrogens (tertiary/aromatic N) is 1. The van der Waals surface area contributed by atoms with Crippen LogP contribution in [0.15, 0.2) is 47.4 Å². The number of amides is 1. The van der Waals surface area contributed by atoms with Gasteiger partial charge in [0.15, 0.2) is 6.61 Å². The van der Waals surface area contributed by atoms with E-state index in [-0.39, 0.29) is 10.6 Å². The van der Waals surface area contributed by atoms with Crippen molar-refractivity contribution in [1.29, 1.82) is 0 Å². The number of hydrogen-bond donors (Lipinski definition) is 2. The molecule has 0 saturated heterocycles. The summed E-state index contributed by atoms with van der Waals surface area (Å²) in [4.78, 5) is 22.0. The molecule has 0 atom stereocenters. The van der Waals surface area contributed by atoms with E-state index in [9.17, 15) is 18.0 Å². The average Bonchev–Trinajstić information content (AvgIpc) is 2.65. The Hall–Kier alpha value is -3.07. The Morgan fingerprint density at radius 2 is 1.85 bits per heavy atom. The topological polar surface area (TPSA) is 127 Å². The van der Waals surface area contributed by atoms with E-state index in [1.807, 2.05) is 0 Å². The van der Waals surface area contributed by atoms with Gasteiger partial charge >= 0.3 is 5.97 Å². The predicted octanol–water partition coefficient (Wildman–Crippen LogP) is 1.39. The zero-order valence-corrected chi connectivity index (χ0v) is 15.1. The molecule has 3 rings (SSSR count). The van der Waals surface area contributed by atoms with Crippen LogP contribution in [-0.2, 0) is 21.2 Å². The van der Waals surface area contributed by atoms with Gasteiger partial charge in [0.25, 0.3) is 10.0 Å². The zero-order valence-electron chi connectivity index (χ0n) is 14.3. The summed E-state index contributed by atoms with van der Waals surface area (Å²) in [6.07, 6.45) is 1.28. The first-order valence-electron chi connectivity index (χ1n) is 8.19. The van der Waals surface area contributed by atoms with Crippen molar-refractivity contribution in [1.82, 2.24) is 0 Å². The minimum absolute atomic E-state index is 0.0667. The van der Waals surface area contributed by atoms with Crippen LogP contribution in [0.2, 0.25) is 0 Å². The minimum Gasteiger partial charge on any atom is -0.482 e. The Bertz CT molecular complexity index is 985. The number of primary amides is 1. The lowest BCUT2D eigenvalue weighted by molar-refractivity contribution is -0.139. The lowest BCUT2D eigenvalue weighted by Crippen LogP contribution is -2.35. The standard InChI is InChI=1S/C18H18N2O6S/c19-18(23)13-3-8-16-12(10-13)2-1-9-20(16)27(24,25)15-6-4-14(5-7-15)26-11-17(21)22/h3-8,10H,1-2,9,11H2,(H2,19,23)(H,21,22). The van der Waals surface area contributed by atoms with Crippen LogP contribution in [-0.4, -0.2) is 38.6 Å². The normalized spacial score (nSPS) is 13.7. The summed E-state index contributed by atoms with van der Waals surface area (Å²) in [6, 6.07) is 10.3. The molecule has 1 aliphatic heterocycles. The van der Waals surface area contributed by atoms with Crippen molar-refractivity contribution in [3.8, 4) is 5.75 Å². The number of fused-ring (bicyclic) bond motifs is 1. The summed E-state index contributed by atoms with van der Waals surface area (Å²) in [6.45, 7) is -0.184. The number of carbonyl (C=O) groups excluding carboxylic acids is 1. The Kier molecular flexibility index (Phi) is 5.04. The monoisotopic (exact) mass is 390 g/mol. The van der Waals surface area contributed by atoms with Gasteiger partial charge in [-0.1, -0.05) is 0 Å². The lowest BCUT2D eigenvalue weighted by atomic mass is 10.0. The Labute approximate surface area is 156 Å². The molecule has 0 radical (unpaired) electrons. The molecule has 1 heterocycles. The van der Waals surface area contributed by atoms with E-state index < -0.39 is 28.5 Å². The third-order valence-electron chi connectivity index (χ3n) is 4.21. The summed E-state index contributed by atoms with van der Waals surface area (Å²) in [7, 11) is -3.81. The molecule has 0 fully saturated rings. The fourth-order valence-electron chi connectivity index (χ4n) is 2.95. The van der Waals surface area contributed by atoms with Crippen molar-refractivity contribution < 1.29 is 27.9 Å². The summed E-state index contributed by atoms with van der Waals surface area (Å²) >= 11 is 0. The molecule has 2 aromatic rings. The number of rotatable bonds is 6. The van der Waals surface area contributed by atoms with Gasteiger partial charge in [-0.15, -0.1) is 0 Å². The number of anilines is 1. The van der Waals surface area contributed by atoms with Crippen molar-refractivity contribution in [2.24, 2.45) is 5.73 Å². The molecule has 0 aromatic heterocycles. The van der Waals surface area contributed by atoms with E-state index in [1.165, 1.54) is 34.6 Å². The van der Waals surface area contributed by atoms with Gasteiger partial charge in [-0.25, -0.2) is 13.2 Å². The van der Waals surface area contributed by atoms with E-state index in [4.69, 9.17) is 15.6 Å². The fourth-order valence-corrected chi connectivity index (χ4v) is 4.49. The van der Waals surface area contributed by atoms with Gasteiger partial charge in [-0.3, -0.25) is 9.10 Å². The maximum atomic E-state index is 13.0. The third kappa shape index (κ3) is 3.87. The quantitative estimate of drug-likeness (QED) is 0.767. The molecule has 0 spiro atoms. The van der Waals surface area contributed by atoms with Gasteiger partial charge < -0.3 is 15.6 Å². The Balaban J connectivity index is 1.90. The number of ether oxygens (including phenoxy) is 1. The smallest absolute Gasteiger partial charge is 0.341 e. The number of carboxylic acids is 1. The molecule has 1 aliphatic rings. The first kappa shape index (κ1) is 18.7. The van der Waals surface area contributed by atoms with Gasteiger partial charge in [-0.05, 0) is 60.9 Å². The van der Waals surface area contributed by atoms with Crippen molar-refractivity contribution in [3.05, 3.63) is 53.6 Å². The summed E-state index contributed by atoms with van der Waals surface area (Å²) in [5.41, 5.74) is 6.91. The first-order chi connectivity index (χ1) is 12.8. The van der Waals surface area contributed by atoms with E-state index in [1.54, 1.807) is 12.1 Å². The molecule has 1 amide bonds. The molecule has 2 aromatic carbocycles. The highest BCUT2D eigenvalue weighted by molar-refractivity contribution is 7.92. The van der Waals surface area contributed by atoms with E-state index in [2.05, 4.69) is 0 Å². The lowest BCUT2D eigenvalue weighted by Gasteiger charge is -2.30. The summed E-state index contributed by atoms with van der Waals surface area (Å²) < 4.78 is 32.4. The van der Waals surface area contributed by atoms with E-state index in [0.29, 0.717) is 30.6 Å². The fraction of sp³-hybridized carbons (Fsp3) is 0.222. The average molecular weight is 390 g/mol. The van der Waals surface area contributed by atoms with Gasteiger partial charge in [0.2, 0.25) is 5.91 Å². The maximum Gasteiger partial charge on any atom is 0.341 e. The Morgan fingerprint density at radius 1 is 1.15 bits per heavy atom. The number of carboxylic acid groups (broad SMARTS) is 1. The van der Waals surface area contributed by atoms with Crippen molar-refractivity contribution in [3.63, 3.8) is 0 Å². The molecular weight excluding hydrogens is 372 g/mol. The molecule has 0 unspecified atom stereocenters. The summed E-state index contributed by atoms with van der Waals surface area (Å²) in [5, 5.41) is 8.62. The molecule has 8 nitrogen and oxygen atoms in total. The maximum absolute atomic E-state index is 13.0. The molecule has 27 heavy (non-hydrogen) atoms. The molecule has 0 bridgehead atoms. The number of aryl methyl sites for hydroxylation is 1. The second-order valence-electron chi connectivity index (χ2n) is 6.04. The molecule has 9 heteroatoms. The minimum atomic E-state index is -3.81. The molecule has 3 N–H and O–H groups in total. The largest absolute Gasteiger partial charge is 0.482 e. The highest BCUT2D eigenvalue weighted by Crippen LogP contribution is 2.33. The number of hydrogen-bond acceptors (Lipinski definition) is 5. The first-order valence-corrected chi connectivity index (χ1v) is 9.63. The number of nitrogens with two attached hydrogens (primary N) is 1.